The van der Waals surface area contributed by atoms with Crippen LogP contribution in [0.4, 0.5) is 5.00 Å². The van der Waals surface area contributed by atoms with E-state index in [0.717, 1.165) is 31.6 Å². The van der Waals surface area contributed by atoms with E-state index in [-0.39, 0.29) is 5.91 Å². The molecule has 0 saturated heterocycles. The molecule has 3 N–H and O–H groups in total. The van der Waals surface area contributed by atoms with Crippen LogP contribution >= 0.6 is 11.3 Å². The molecule has 0 bridgehead atoms. The third-order valence-corrected chi connectivity index (χ3v) is 4.31. The first kappa shape index (κ1) is 13.4. The molecule has 0 aromatic carbocycles. The summed E-state index contributed by atoms with van der Waals surface area (Å²) in [4.78, 5) is 15.7. The average molecular weight is 267 g/mol. The van der Waals surface area contributed by atoms with Gasteiger partial charge in [-0.05, 0) is 31.9 Å². The SMILES string of the molecule is CCCN1CCc2c(sc(N)c2C(=O)NCC)C1. The highest BCUT2D eigenvalue weighted by atomic mass is 32.1. The van der Waals surface area contributed by atoms with E-state index in [1.165, 1.54) is 16.9 Å². The monoisotopic (exact) mass is 267 g/mol. The summed E-state index contributed by atoms with van der Waals surface area (Å²) in [6, 6.07) is 0. The summed E-state index contributed by atoms with van der Waals surface area (Å²) in [7, 11) is 0. The number of nitrogens with one attached hydrogen (secondary N) is 1. The normalized spacial score (nSPS) is 15.4. The second kappa shape index (κ2) is 5.71. The molecule has 1 aromatic rings. The first-order chi connectivity index (χ1) is 8.67. The molecule has 2 rings (SSSR count). The number of thiophene rings is 1. The fraction of sp³-hybridized carbons (Fsp3) is 0.615. The van der Waals surface area contributed by atoms with Crippen molar-refractivity contribution in [3.8, 4) is 0 Å². The lowest BCUT2D eigenvalue weighted by atomic mass is 10.0. The van der Waals surface area contributed by atoms with Crippen LogP contribution in [0.2, 0.25) is 0 Å². The Morgan fingerprint density at radius 2 is 2.28 bits per heavy atom. The second-order valence-corrected chi connectivity index (χ2v) is 5.77. The van der Waals surface area contributed by atoms with E-state index in [2.05, 4.69) is 17.1 Å². The van der Waals surface area contributed by atoms with Gasteiger partial charge in [0.2, 0.25) is 0 Å². The lowest BCUT2D eigenvalue weighted by molar-refractivity contribution is 0.0955. The van der Waals surface area contributed by atoms with Crippen molar-refractivity contribution in [1.82, 2.24) is 10.2 Å². The van der Waals surface area contributed by atoms with Crippen LogP contribution in [-0.2, 0) is 13.0 Å². The Morgan fingerprint density at radius 3 is 2.94 bits per heavy atom. The number of nitrogens with two attached hydrogens (primary N) is 1. The van der Waals surface area contributed by atoms with Crippen molar-refractivity contribution in [3.05, 3.63) is 16.0 Å². The molecule has 4 nitrogen and oxygen atoms in total. The Kier molecular flexibility index (Phi) is 4.24. The molecular weight excluding hydrogens is 246 g/mol. The van der Waals surface area contributed by atoms with Crippen molar-refractivity contribution < 1.29 is 4.79 Å². The summed E-state index contributed by atoms with van der Waals surface area (Å²) in [5, 5.41) is 3.52. The van der Waals surface area contributed by atoms with Gasteiger partial charge in [0, 0.05) is 24.5 Å². The van der Waals surface area contributed by atoms with Crippen LogP contribution in [0.1, 0.15) is 41.1 Å². The van der Waals surface area contributed by atoms with Crippen molar-refractivity contribution in [1.29, 1.82) is 0 Å². The Hall–Kier alpha value is -1.07. The first-order valence-electron chi connectivity index (χ1n) is 6.57. The summed E-state index contributed by atoms with van der Waals surface area (Å²) >= 11 is 1.58. The second-order valence-electron chi connectivity index (χ2n) is 4.63. The maximum Gasteiger partial charge on any atom is 0.254 e. The van der Waals surface area contributed by atoms with E-state index in [9.17, 15) is 4.79 Å². The molecule has 1 amide bonds. The molecule has 2 heterocycles. The first-order valence-corrected chi connectivity index (χ1v) is 7.39. The zero-order valence-electron chi connectivity index (χ0n) is 11.1. The topological polar surface area (TPSA) is 58.4 Å². The molecule has 1 aliphatic rings. The lowest BCUT2D eigenvalue weighted by Gasteiger charge is -2.26. The van der Waals surface area contributed by atoms with Crippen LogP contribution in [0.15, 0.2) is 0 Å². The van der Waals surface area contributed by atoms with Gasteiger partial charge in [0.05, 0.1) is 10.6 Å². The number of carbonyl (C=O) groups is 1. The quantitative estimate of drug-likeness (QED) is 0.875. The van der Waals surface area contributed by atoms with Gasteiger partial charge in [-0.3, -0.25) is 9.69 Å². The molecule has 1 aromatic heterocycles. The highest BCUT2D eigenvalue weighted by molar-refractivity contribution is 7.16. The number of hydrogen-bond donors (Lipinski definition) is 2. The fourth-order valence-electron chi connectivity index (χ4n) is 2.48. The van der Waals surface area contributed by atoms with Crippen LogP contribution in [0, 0.1) is 0 Å². The lowest BCUT2D eigenvalue weighted by Crippen LogP contribution is -2.32. The van der Waals surface area contributed by atoms with Gasteiger partial charge in [-0.2, -0.15) is 0 Å². The van der Waals surface area contributed by atoms with Gasteiger partial charge in [0.1, 0.15) is 0 Å². The van der Waals surface area contributed by atoms with E-state index in [1.807, 2.05) is 6.92 Å². The molecule has 0 aliphatic carbocycles. The Labute approximate surface area is 112 Å². The Morgan fingerprint density at radius 1 is 1.50 bits per heavy atom. The number of fused-ring (bicyclic) bond motifs is 1. The largest absolute Gasteiger partial charge is 0.390 e. The number of nitrogens with zero attached hydrogens (tertiary/aromatic N) is 1. The molecule has 1 aliphatic heterocycles. The molecule has 0 atom stereocenters. The predicted molar refractivity (Wildman–Crippen MR) is 76.0 cm³/mol. The van der Waals surface area contributed by atoms with E-state index >= 15 is 0 Å². The molecule has 0 spiro atoms. The van der Waals surface area contributed by atoms with Gasteiger partial charge in [0.25, 0.3) is 5.91 Å². The highest BCUT2D eigenvalue weighted by Gasteiger charge is 2.26. The van der Waals surface area contributed by atoms with Crippen LogP contribution in [0.3, 0.4) is 0 Å². The molecule has 18 heavy (non-hydrogen) atoms. The van der Waals surface area contributed by atoms with Crippen molar-refractivity contribution in [2.75, 3.05) is 25.4 Å². The van der Waals surface area contributed by atoms with Crippen LogP contribution in [-0.4, -0.2) is 30.4 Å². The molecule has 0 fully saturated rings. The average Bonchev–Trinajstić information content (AvgIpc) is 2.65. The highest BCUT2D eigenvalue weighted by Crippen LogP contribution is 2.35. The Balaban J connectivity index is 2.23. The third-order valence-electron chi connectivity index (χ3n) is 3.27. The molecule has 5 heteroatoms. The molecular formula is C13H21N3OS. The summed E-state index contributed by atoms with van der Waals surface area (Å²) < 4.78 is 0. The van der Waals surface area contributed by atoms with E-state index in [0.29, 0.717) is 11.5 Å². The smallest absolute Gasteiger partial charge is 0.254 e. The van der Waals surface area contributed by atoms with Crippen molar-refractivity contribution in [2.45, 2.75) is 33.2 Å². The molecule has 0 radical (unpaired) electrons. The zero-order valence-corrected chi connectivity index (χ0v) is 11.9. The predicted octanol–water partition coefficient (Wildman–Crippen LogP) is 1.85. The van der Waals surface area contributed by atoms with Crippen molar-refractivity contribution in [3.63, 3.8) is 0 Å². The molecule has 100 valence electrons. The van der Waals surface area contributed by atoms with Gasteiger partial charge >= 0.3 is 0 Å². The van der Waals surface area contributed by atoms with Crippen molar-refractivity contribution >= 4 is 22.2 Å². The zero-order chi connectivity index (χ0) is 13.1. The van der Waals surface area contributed by atoms with Gasteiger partial charge in [0.15, 0.2) is 0 Å². The van der Waals surface area contributed by atoms with Crippen LogP contribution in [0.5, 0.6) is 0 Å². The summed E-state index contributed by atoms with van der Waals surface area (Å²) in [5.41, 5.74) is 7.92. The number of rotatable bonds is 4. The maximum atomic E-state index is 12.0. The third kappa shape index (κ3) is 2.52. The van der Waals surface area contributed by atoms with Crippen LogP contribution < -0.4 is 11.1 Å². The maximum absolute atomic E-state index is 12.0. The molecule has 0 unspecified atom stereocenters. The number of anilines is 1. The van der Waals surface area contributed by atoms with Gasteiger partial charge < -0.3 is 11.1 Å². The minimum Gasteiger partial charge on any atom is -0.390 e. The van der Waals surface area contributed by atoms with Gasteiger partial charge in [-0.1, -0.05) is 6.92 Å². The number of hydrogen-bond acceptors (Lipinski definition) is 4. The van der Waals surface area contributed by atoms with Crippen LogP contribution in [0.25, 0.3) is 0 Å². The van der Waals surface area contributed by atoms with Crippen molar-refractivity contribution in [2.24, 2.45) is 0 Å². The summed E-state index contributed by atoms with van der Waals surface area (Å²) in [6.07, 6.45) is 2.11. The minimum atomic E-state index is -0.0172. The number of carbonyl (C=O) groups excluding carboxylic acids is 1. The van der Waals surface area contributed by atoms with Gasteiger partial charge in [-0.15, -0.1) is 11.3 Å². The number of nitrogen functional groups attached to an aromatic ring is 1. The van der Waals surface area contributed by atoms with E-state index < -0.39 is 0 Å². The summed E-state index contributed by atoms with van der Waals surface area (Å²) in [6.45, 7) is 7.85. The minimum absolute atomic E-state index is 0.0172. The van der Waals surface area contributed by atoms with E-state index in [1.54, 1.807) is 11.3 Å². The number of amides is 1. The summed E-state index contributed by atoms with van der Waals surface area (Å²) in [5.74, 6) is -0.0172. The Bertz CT molecular complexity index is 442. The standard InChI is InChI=1S/C13H21N3OS/c1-3-6-16-7-5-9-10(8-16)18-12(14)11(9)13(17)15-4-2/h3-8,14H2,1-2H3,(H,15,17). The van der Waals surface area contributed by atoms with E-state index in [4.69, 9.17) is 5.73 Å². The fourth-order valence-corrected chi connectivity index (χ4v) is 3.64. The van der Waals surface area contributed by atoms with Gasteiger partial charge in [-0.25, -0.2) is 0 Å². The molecule has 0 saturated carbocycles.